The van der Waals surface area contributed by atoms with Gasteiger partial charge in [-0.1, -0.05) is 11.8 Å². The van der Waals surface area contributed by atoms with E-state index < -0.39 is 5.60 Å². The predicted molar refractivity (Wildman–Crippen MR) is 81.3 cm³/mol. The van der Waals surface area contributed by atoms with Crippen molar-refractivity contribution < 1.29 is 5.11 Å². The second-order valence-electron chi connectivity index (χ2n) is 5.28. The van der Waals surface area contributed by atoms with Crippen molar-refractivity contribution in [3.05, 3.63) is 40.1 Å². The van der Waals surface area contributed by atoms with Crippen LogP contribution in [0.3, 0.4) is 0 Å². The molecule has 0 aliphatic heterocycles. The molecule has 5 heteroatoms. The van der Waals surface area contributed by atoms with Crippen LogP contribution in [0.2, 0.25) is 0 Å². The van der Waals surface area contributed by atoms with Gasteiger partial charge in [-0.05, 0) is 33.0 Å². The van der Waals surface area contributed by atoms with E-state index in [4.69, 9.17) is 0 Å². The summed E-state index contributed by atoms with van der Waals surface area (Å²) in [6.07, 6.45) is 3.59. The molecule has 0 radical (unpaired) electrons. The summed E-state index contributed by atoms with van der Waals surface area (Å²) in [7, 11) is 2.06. The fourth-order valence-corrected chi connectivity index (χ4v) is 2.65. The molecule has 2 aromatic rings. The van der Waals surface area contributed by atoms with Crippen molar-refractivity contribution in [2.24, 2.45) is 0 Å². The third-order valence-electron chi connectivity index (χ3n) is 2.55. The van der Waals surface area contributed by atoms with Crippen LogP contribution in [-0.2, 0) is 13.1 Å². The number of hydrogen-bond donors (Lipinski definition) is 2. The van der Waals surface area contributed by atoms with Crippen molar-refractivity contribution in [1.29, 1.82) is 0 Å². The third-order valence-corrected chi connectivity index (χ3v) is 3.54. The largest absolute Gasteiger partial charge is 0.378 e. The number of aromatic amines is 1. The van der Waals surface area contributed by atoms with E-state index >= 15 is 0 Å². The molecule has 0 fully saturated rings. The number of imidazole rings is 1. The molecule has 2 N–H and O–H groups in total. The number of nitrogens with one attached hydrogen (secondary N) is 1. The van der Waals surface area contributed by atoms with Gasteiger partial charge >= 0.3 is 0 Å². The van der Waals surface area contributed by atoms with Crippen molar-refractivity contribution in [2.75, 3.05) is 7.05 Å². The SMILES string of the molecule is CN(Cc1ncc[nH]1)Cc1ccc(C#CC(C)(C)O)s1. The van der Waals surface area contributed by atoms with Crippen LogP contribution in [0.15, 0.2) is 24.5 Å². The molecule has 0 aromatic carbocycles. The van der Waals surface area contributed by atoms with E-state index in [-0.39, 0.29) is 0 Å². The molecule has 106 valence electrons. The minimum absolute atomic E-state index is 0.787. The molecule has 2 aromatic heterocycles. The summed E-state index contributed by atoms with van der Waals surface area (Å²) in [6, 6.07) is 4.08. The van der Waals surface area contributed by atoms with Crippen molar-refractivity contribution in [1.82, 2.24) is 14.9 Å². The zero-order valence-electron chi connectivity index (χ0n) is 12.0. The van der Waals surface area contributed by atoms with Gasteiger partial charge in [-0.15, -0.1) is 11.3 Å². The topological polar surface area (TPSA) is 52.2 Å². The number of H-pyrrole nitrogens is 1. The molecular formula is C15H19N3OS. The summed E-state index contributed by atoms with van der Waals surface area (Å²) in [5.74, 6) is 6.80. The normalized spacial score (nSPS) is 11.4. The van der Waals surface area contributed by atoms with Gasteiger partial charge in [0.1, 0.15) is 11.4 Å². The summed E-state index contributed by atoms with van der Waals surface area (Å²) >= 11 is 1.66. The van der Waals surface area contributed by atoms with Gasteiger partial charge in [-0.25, -0.2) is 4.98 Å². The summed E-state index contributed by atoms with van der Waals surface area (Å²) in [6.45, 7) is 5.02. The van der Waals surface area contributed by atoms with E-state index in [0.717, 1.165) is 23.8 Å². The number of aromatic nitrogens is 2. The molecule has 0 aliphatic carbocycles. The van der Waals surface area contributed by atoms with E-state index in [1.807, 2.05) is 12.3 Å². The molecule has 0 saturated carbocycles. The van der Waals surface area contributed by atoms with Crippen molar-refractivity contribution in [2.45, 2.75) is 32.5 Å². The van der Waals surface area contributed by atoms with Crippen LogP contribution in [0.5, 0.6) is 0 Å². The first kappa shape index (κ1) is 14.8. The van der Waals surface area contributed by atoms with Gasteiger partial charge in [0.15, 0.2) is 0 Å². The van der Waals surface area contributed by atoms with Crippen molar-refractivity contribution in [3.8, 4) is 11.8 Å². The molecule has 0 spiro atoms. The molecule has 0 unspecified atom stereocenters. The second kappa shape index (κ2) is 6.23. The van der Waals surface area contributed by atoms with Crippen LogP contribution in [0.25, 0.3) is 0 Å². The van der Waals surface area contributed by atoms with Gasteiger partial charge in [-0.2, -0.15) is 0 Å². The fraction of sp³-hybridized carbons (Fsp3) is 0.400. The number of thiophene rings is 1. The van der Waals surface area contributed by atoms with Gasteiger partial charge in [0.25, 0.3) is 0 Å². The number of rotatable bonds is 4. The van der Waals surface area contributed by atoms with Crippen LogP contribution >= 0.6 is 11.3 Å². The van der Waals surface area contributed by atoms with Gasteiger partial charge in [0.2, 0.25) is 0 Å². The molecule has 2 rings (SSSR count). The van der Waals surface area contributed by atoms with Crippen LogP contribution in [0.4, 0.5) is 0 Å². The highest BCUT2D eigenvalue weighted by atomic mass is 32.1. The lowest BCUT2D eigenvalue weighted by Gasteiger charge is -2.13. The third kappa shape index (κ3) is 4.82. The summed E-state index contributed by atoms with van der Waals surface area (Å²) in [4.78, 5) is 11.7. The maximum atomic E-state index is 9.59. The van der Waals surface area contributed by atoms with Crippen molar-refractivity contribution in [3.63, 3.8) is 0 Å². The number of nitrogens with zero attached hydrogens (tertiary/aromatic N) is 2. The van der Waals surface area contributed by atoms with E-state index in [2.05, 4.69) is 39.8 Å². The maximum Gasteiger partial charge on any atom is 0.120 e. The summed E-state index contributed by atoms with van der Waals surface area (Å²) < 4.78 is 0. The molecule has 0 bridgehead atoms. The first-order valence-corrected chi connectivity index (χ1v) is 7.25. The van der Waals surface area contributed by atoms with Crippen LogP contribution < -0.4 is 0 Å². The van der Waals surface area contributed by atoms with E-state index in [1.54, 1.807) is 31.4 Å². The Labute approximate surface area is 123 Å². The summed E-state index contributed by atoms with van der Waals surface area (Å²) in [5, 5.41) is 9.59. The monoisotopic (exact) mass is 289 g/mol. The Morgan fingerprint density at radius 1 is 1.40 bits per heavy atom. The predicted octanol–water partition coefficient (Wildman–Crippen LogP) is 2.23. The number of hydrogen-bond acceptors (Lipinski definition) is 4. The lowest BCUT2D eigenvalue weighted by Crippen LogP contribution is -2.17. The van der Waals surface area contributed by atoms with Gasteiger partial charge < -0.3 is 10.1 Å². The highest BCUT2D eigenvalue weighted by molar-refractivity contribution is 7.12. The quantitative estimate of drug-likeness (QED) is 0.849. The molecule has 2 heterocycles. The standard InChI is InChI=1S/C15H19N3OS/c1-15(2,19)7-6-12-4-5-13(20-12)10-18(3)11-14-16-8-9-17-14/h4-5,8-9,19H,10-11H2,1-3H3,(H,16,17). The Hall–Kier alpha value is -1.61. The average Bonchev–Trinajstić information content (AvgIpc) is 2.97. The van der Waals surface area contributed by atoms with Gasteiger partial charge in [-0.3, -0.25) is 4.90 Å². The van der Waals surface area contributed by atoms with Crippen LogP contribution in [-0.4, -0.2) is 32.6 Å². The Balaban J connectivity index is 1.93. The molecule has 0 aliphatic rings. The van der Waals surface area contributed by atoms with E-state index in [9.17, 15) is 5.11 Å². The minimum Gasteiger partial charge on any atom is -0.378 e. The molecule has 4 nitrogen and oxygen atoms in total. The van der Waals surface area contributed by atoms with Crippen molar-refractivity contribution >= 4 is 11.3 Å². The molecule has 20 heavy (non-hydrogen) atoms. The average molecular weight is 289 g/mol. The van der Waals surface area contributed by atoms with Gasteiger partial charge in [0.05, 0.1) is 11.4 Å². The number of aliphatic hydroxyl groups is 1. The Bertz CT molecular complexity index is 599. The van der Waals surface area contributed by atoms with Gasteiger partial charge in [0, 0.05) is 23.8 Å². The fourth-order valence-electron chi connectivity index (χ4n) is 1.71. The Morgan fingerprint density at radius 2 is 2.20 bits per heavy atom. The van der Waals surface area contributed by atoms with Crippen LogP contribution in [0, 0.1) is 11.8 Å². The molecule has 0 saturated heterocycles. The lowest BCUT2D eigenvalue weighted by atomic mass is 10.1. The first-order valence-electron chi connectivity index (χ1n) is 6.43. The second-order valence-corrected chi connectivity index (χ2v) is 6.45. The summed E-state index contributed by atoms with van der Waals surface area (Å²) in [5.41, 5.74) is -0.944. The molecule has 0 amide bonds. The minimum atomic E-state index is -0.944. The highest BCUT2D eigenvalue weighted by Gasteiger charge is 2.07. The van der Waals surface area contributed by atoms with E-state index in [1.165, 1.54) is 4.88 Å². The lowest BCUT2D eigenvalue weighted by molar-refractivity contribution is 0.143. The first-order chi connectivity index (χ1) is 9.42. The van der Waals surface area contributed by atoms with E-state index in [0.29, 0.717) is 0 Å². The zero-order chi connectivity index (χ0) is 14.6. The zero-order valence-corrected chi connectivity index (χ0v) is 12.8. The highest BCUT2D eigenvalue weighted by Crippen LogP contribution is 2.18. The molecule has 0 atom stereocenters. The van der Waals surface area contributed by atoms with Crippen LogP contribution in [0.1, 0.15) is 29.4 Å². The smallest absolute Gasteiger partial charge is 0.120 e. The Morgan fingerprint density at radius 3 is 2.85 bits per heavy atom. The maximum absolute atomic E-state index is 9.59. The Kier molecular flexibility index (Phi) is 4.61. The molecular weight excluding hydrogens is 270 g/mol.